The molecule has 31 heavy (non-hydrogen) atoms. The molecule has 0 spiro atoms. The van der Waals surface area contributed by atoms with Crippen molar-refractivity contribution in [3.8, 4) is 0 Å². The molecular formula is C22H19F3N2O3S. The lowest BCUT2D eigenvalue weighted by atomic mass is 10.1. The lowest BCUT2D eigenvalue weighted by Gasteiger charge is -2.18. The molecule has 162 valence electrons. The van der Waals surface area contributed by atoms with Gasteiger partial charge < -0.3 is 15.1 Å². The molecule has 0 saturated carbocycles. The molecule has 1 unspecified atom stereocenters. The van der Waals surface area contributed by atoms with Gasteiger partial charge in [-0.3, -0.25) is 9.59 Å². The quantitative estimate of drug-likeness (QED) is 0.431. The number of carbonyl (C=O) groups excluding carboxylic acids is 2. The van der Waals surface area contributed by atoms with Crippen molar-refractivity contribution < 1.29 is 27.2 Å². The Morgan fingerprint density at radius 3 is 2.48 bits per heavy atom. The van der Waals surface area contributed by atoms with Crippen LogP contribution in [0.4, 0.5) is 24.5 Å². The molecule has 0 aliphatic heterocycles. The maximum Gasteiger partial charge on any atom is 0.418 e. The second kappa shape index (κ2) is 9.74. The molecule has 1 atom stereocenters. The van der Waals surface area contributed by atoms with E-state index in [9.17, 15) is 22.8 Å². The van der Waals surface area contributed by atoms with Crippen LogP contribution in [0.25, 0.3) is 0 Å². The van der Waals surface area contributed by atoms with E-state index >= 15 is 0 Å². The second-order valence-electron chi connectivity index (χ2n) is 6.51. The van der Waals surface area contributed by atoms with Gasteiger partial charge in [0.25, 0.3) is 5.91 Å². The van der Waals surface area contributed by atoms with Gasteiger partial charge in [0.2, 0.25) is 5.91 Å². The third-order valence-electron chi connectivity index (χ3n) is 4.27. The number of hydrogen-bond donors (Lipinski definition) is 2. The van der Waals surface area contributed by atoms with Crippen molar-refractivity contribution in [2.24, 2.45) is 0 Å². The molecule has 0 saturated heterocycles. The van der Waals surface area contributed by atoms with Gasteiger partial charge in [0, 0.05) is 10.6 Å². The highest BCUT2D eigenvalue weighted by molar-refractivity contribution is 8.00. The van der Waals surface area contributed by atoms with Gasteiger partial charge in [-0.05, 0) is 48.9 Å². The number of benzene rings is 2. The Bertz CT molecular complexity index is 1050. The van der Waals surface area contributed by atoms with E-state index in [0.717, 1.165) is 6.07 Å². The molecule has 3 rings (SSSR count). The maximum atomic E-state index is 13.2. The van der Waals surface area contributed by atoms with Gasteiger partial charge in [0.15, 0.2) is 5.76 Å². The molecule has 9 heteroatoms. The van der Waals surface area contributed by atoms with Crippen molar-refractivity contribution >= 4 is 35.0 Å². The van der Waals surface area contributed by atoms with Crippen molar-refractivity contribution in [3.05, 3.63) is 78.3 Å². The second-order valence-corrected chi connectivity index (χ2v) is 7.78. The third kappa shape index (κ3) is 5.91. The van der Waals surface area contributed by atoms with E-state index in [1.54, 1.807) is 37.3 Å². The van der Waals surface area contributed by atoms with E-state index in [1.165, 1.54) is 42.3 Å². The number of amides is 2. The first-order valence-corrected chi connectivity index (χ1v) is 10.2. The zero-order chi connectivity index (χ0) is 22.4. The molecule has 2 aromatic carbocycles. The van der Waals surface area contributed by atoms with Crippen LogP contribution in [0.3, 0.4) is 0 Å². The molecule has 1 heterocycles. The van der Waals surface area contributed by atoms with Crippen molar-refractivity contribution in [1.29, 1.82) is 0 Å². The predicted octanol–water partition coefficient (Wildman–Crippen LogP) is 6.06. The molecule has 5 nitrogen and oxygen atoms in total. The number of anilines is 2. The Kier molecular flexibility index (Phi) is 7.06. The highest BCUT2D eigenvalue weighted by Gasteiger charge is 2.34. The van der Waals surface area contributed by atoms with Crippen LogP contribution in [-0.4, -0.2) is 17.1 Å². The number of carbonyl (C=O) groups is 2. The monoisotopic (exact) mass is 448 g/mol. The topological polar surface area (TPSA) is 71.3 Å². The van der Waals surface area contributed by atoms with Crippen LogP contribution in [0.15, 0.2) is 76.2 Å². The van der Waals surface area contributed by atoms with Gasteiger partial charge in [-0.2, -0.15) is 13.2 Å². The van der Waals surface area contributed by atoms with E-state index in [-0.39, 0.29) is 11.4 Å². The molecule has 0 radical (unpaired) electrons. The first kappa shape index (κ1) is 22.5. The Morgan fingerprint density at radius 1 is 1.03 bits per heavy atom. The SMILES string of the molecule is CCC(Sc1cccc(NC(=O)c2ccco2)c1)C(=O)Nc1ccccc1C(F)(F)F. The lowest BCUT2D eigenvalue weighted by Crippen LogP contribution is -2.26. The smallest absolute Gasteiger partial charge is 0.418 e. The fraction of sp³-hybridized carbons (Fsp3) is 0.182. The Labute approximate surface area is 181 Å². The summed E-state index contributed by atoms with van der Waals surface area (Å²) in [4.78, 5) is 25.5. The predicted molar refractivity (Wildman–Crippen MR) is 113 cm³/mol. The fourth-order valence-corrected chi connectivity index (χ4v) is 3.80. The van der Waals surface area contributed by atoms with Gasteiger partial charge in [-0.15, -0.1) is 11.8 Å². The number of alkyl halides is 3. The summed E-state index contributed by atoms with van der Waals surface area (Å²) >= 11 is 1.20. The van der Waals surface area contributed by atoms with Gasteiger partial charge in [-0.1, -0.05) is 25.1 Å². The van der Waals surface area contributed by atoms with E-state index in [0.29, 0.717) is 17.0 Å². The van der Waals surface area contributed by atoms with Gasteiger partial charge in [0.05, 0.1) is 22.8 Å². The van der Waals surface area contributed by atoms with E-state index in [4.69, 9.17) is 4.42 Å². The standard InChI is InChI=1S/C22H19F3N2O3S/c1-2-19(21(29)27-17-10-4-3-9-16(17)22(23,24)25)31-15-8-5-7-14(13-15)26-20(28)18-11-6-12-30-18/h3-13,19H,2H2,1H3,(H,26,28)(H,27,29). The highest BCUT2D eigenvalue weighted by atomic mass is 32.2. The number of halogens is 3. The number of rotatable bonds is 7. The van der Waals surface area contributed by atoms with E-state index < -0.39 is 28.8 Å². The van der Waals surface area contributed by atoms with Crippen molar-refractivity contribution in [2.75, 3.05) is 10.6 Å². The Hall–Kier alpha value is -3.20. The van der Waals surface area contributed by atoms with Crippen LogP contribution >= 0.6 is 11.8 Å². The zero-order valence-corrected chi connectivity index (χ0v) is 17.2. The third-order valence-corrected chi connectivity index (χ3v) is 5.63. The van der Waals surface area contributed by atoms with Crippen LogP contribution in [-0.2, 0) is 11.0 Å². The average Bonchev–Trinajstić information content (AvgIpc) is 3.27. The van der Waals surface area contributed by atoms with Crippen molar-refractivity contribution in [1.82, 2.24) is 0 Å². The van der Waals surface area contributed by atoms with E-state index in [2.05, 4.69) is 10.6 Å². The Morgan fingerprint density at radius 2 is 1.81 bits per heavy atom. The number of hydrogen-bond acceptors (Lipinski definition) is 4. The largest absolute Gasteiger partial charge is 0.459 e. The van der Waals surface area contributed by atoms with Crippen LogP contribution in [0, 0.1) is 0 Å². The molecule has 0 aliphatic carbocycles. The fourth-order valence-electron chi connectivity index (χ4n) is 2.79. The number of nitrogens with one attached hydrogen (secondary N) is 2. The molecule has 0 fully saturated rings. The van der Waals surface area contributed by atoms with Gasteiger partial charge in [-0.25, -0.2) is 0 Å². The summed E-state index contributed by atoms with van der Waals surface area (Å²) in [5, 5.41) is 4.46. The molecule has 3 aromatic rings. The van der Waals surface area contributed by atoms with Crippen LogP contribution < -0.4 is 10.6 Å². The highest BCUT2D eigenvalue weighted by Crippen LogP contribution is 2.35. The number of thioether (sulfide) groups is 1. The minimum atomic E-state index is -4.57. The summed E-state index contributed by atoms with van der Waals surface area (Å²) in [6.45, 7) is 1.77. The molecule has 2 amide bonds. The summed E-state index contributed by atoms with van der Waals surface area (Å²) in [6, 6.07) is 14.8. The van der Waals surface area contributed by atoms with Crippen molar-refractivity contribution in [2.45, 2.75) is 29.7 Å². The molecule has 2 N–H and O–H groups in total. The van der Waals surface area contributed by atoms with Gasteiger partial charge in [0.1, 0.15) is 0 Å². The minimum absolute atomic E-state index is 0.159. The number of furan rings is 1. The molecule has 0 aliphatic rings. The zero-order valence-electron chi connectivity index (χ0n) is 16.4. The summed E-state index contributed by atoms with van der Waals surface area (Å²) in [6.07, 6.45) is -2.78. The summed E-state index contributed by atoms with van der Waals surface area (Å²) in [7, 11) is 0. The summed E-state index contributed by atoms with van der Waals surface area (Å²) < 4.78 is 44.6. The maximum absolute atomic E-state index is 13.2. The minimum Gasteiger partial charge on any atom is -0.459 e. The van der Waals surface area contributed by atoms with Crippen LogP contribution in [0.1, 0.15) is 29.5 Å². The first-order chi connectivity index (χ1) is 14.8. The van der Waals surface area contributed by atoms with Crippen LogP contribution in [0.5, 0.6) is 0 Å². The first-order valence-electron chi connectivity index (χ1n) is 9.36. The average molecular weight is 448 g/mol. The molecular weight excluding hydrogens is 429 g/mol. The van der Waals surface area contributed by atoms with Gasteiger partial charge >= 0.3 is 6.18 Å². The number of para-hydroxylation sites is 1. The normalized spacial score (nSPS) is 12.3. The summed E-state index contributed by atoms with van der Waals surface area (Å²) in [5.74, 6) is -0.790. The van der Waals surface area contributed by atoms with E-state index in [1.807, 2.05) is 0 Å². The molecule has 0 bridgehead atoms. The summed E-state index contributed by atoms with van der Waals surface area (Å²) in [5.41, 5.74) is -0.673. The van der Waals surface area contributed by atoms with Crippen LogP contribution in [0.2, 0.25) is 0 Å². The van der Waals surface area contributed by atoms with Crippen molar-refractivity contribution in [3.63, 3.8) is 0 Å². The Balaban J connectivity index is 1.70. The molecule has 1 aromatic heterocycles. The lowest BCUT2D eigenvalue weighted by molar-refractivity contribution is -0.137.